The SMILES string of the molecule is CC(C)(C)OC(=O)OC(=O)OC(C)(C)C.C[C@@H](CCCCNC(=O)OCc1ccc(N=[N+]=[N-])cc1)C(=O)O.O=C([O-])O.[N-]=[N+]=Nc1ccc(COC(=O)NCCCC[C@H](N)C(=O)O)cc1.[Na+]. The number of azide groups is 2. The van der Waals surface area contributed by atoms with Crippen molar-refractivity contribution in [2.24, 2.45) is 21.9 Å². The van der Waals surface area contributed by atoms with Crippen molar-refractivity contribution in [3.05, 3.63) is 80.5 Å². The number of carboxylic acids is 2. The molecule has 2 rings (SSSR count). The fraction of sp³-hybridized carbons (Fsp3) is 0.525. The first-order chi connectivity index (χ1) is 30.3. The van der Waals surface area contributed by atoms with Crippen LogP contribution in [0.5, 0.6) is 0 Å². The van der Waals surface area contributed by atoms with Gasteiger partial charge in [-0.3, -0.25) is 9.59 Å². The second-order valence-electron chi connectivity index (χ2n) is 15.2. The van der Waals surface area contributed by atoms with Gasteiger partial charge in [0.25, 0.3) is 0 Å². The summed E-state index contributed by atoms with van der Waals surface area (Å²) in [5, 5.41) is 44.7. The number of unbranched alkanes of at least 4 members (excludes halogenated alkanes) is 2. The third kappa shape index (κ3) is 40.3. The third-order valence-electron chi connectivity index (χ3n) is 7.16. The normalized spacial score (nSPS) is 10.8. The van der Waals surface area contributed by atoms with Crippen LogP contribution in [0.25, 0.3) is 20.9 Å². The number of hydrogen-bond acceptors (Lipinski definition) is 16. The molecule has 0 aliphatic heterocycles. The summed E-state index contributed by atoms with van der Waals surface area (Å²) in [7, 11) is 0. The first kappa shape index (κ1) is 63.8. The molecule has 0 spiro atoms. The summed E-state index contributed by atoms with van der Waals surface area (Å²) < 4.78 is 23.9. The Morgan fingerprint density at radius 3 is 1.32 bits per heavy atom. The Morgan fingerprint density at radius 1 is 0.667 bits per heavy atom. The minimum atomic E-state index is -2.08. The van der Waals surface area contributed by atoms with Gasteiger partial charge in [-0.15, -0.1) is 0 Å². The van der Waals surface area contributed by atoms with Gasteiger partial charge in [-0.25, -0.2) is 19.2 Å². The van der Waals surface area contributed by atoms with Gasteiger partial charge in [0.1, 0.15) is 30.5 Å². The van der Waals surface area contributed by atoms with Crippen LogP contribution in [0.2, 0.25) is 0 Å². The van der Waals surface area contributed by atoms with E-state index in [1.165, 1.54) is 0 Å². The predicted octanol–water partition coefficient (Wildman–Crippen LogP) is 4.95. The monoisotopic (exact) mass is 943 g/mol. The smallest absolute Gasteiger partial charge is 0.565 e. The number of benzene rings is 2. The van der Waals surface area contributed by atoms with E-state index in [4.69, 9.17) is 61.0 Å². The van der Waals surface area contributed by atoms with Gasteiger partial charge in [0.15, 0.2) is 0 Å². The Hall–Kier alpha value is -6.49. The van der Waals surface area contributed by atoms with E-state index in [1.54, 1.807) is 97.0 Å². The fourth-order valence-corrected chi connectivity index (χ4v) is 4.12. The van der Waals surface area contributed by atoms with Crippen LogP contribution in [0.4, 0.5) is 35.3 Å². The van der Waals surface area contributed by atoms with Crippen LogP contribution >= 0.6 is 0 Å². The van der Waals surface area contributed by atoms with E-state index in [-0.39, 0.29) is 48.7 Å². The topological polar surface area (TPSA) is 397 Å². The average molecular weight is 944 g/mol. The van der Waals surface area contributed by atoms with Crippen molar-refractivity contribution in [2.45, 2.75) is 117 Å². The van der Waals surface area contributed by atoms with Crippen molar-refractivity contribution in [3.8, 4) is 0 Å². The Balaban J connectivity index is -0.000000877. The molecule has 0 aliphatic carbocycles. The molecule has 360 valence electrons. The number of carbonyl (C=O) groups excluding carboxylic acids is 4. The molecule has 2 aromatic rings. The van der Waals surface area contributed by atoms with E-state index in [0.717, 1.165) is 17.5 Å². The number of carboxylic acid groups (broad SMARTS) is 4. The van der Waals surface area contributed by atoms with Gasteiger partial charge in [-0.1, -0.05) is 72.1 Å². The third-order valence-corrected chi connectivity index (χ3v) is 7.16. The molecule has 0 aromatic heterocycles. The fourth-order valence-electron chi connectivity index (χ4n) is 4.12. The molecule has 2 amide bonds. The largest absolute Gasteiger partial charge is 1.00 e. The molecular weight excluding hydrogens is 885 g/mol. The van der Waals surface area contributed by atoms with Crippen molar-refractivity contribution in [2.75, 3.05) is 13.1 Å². The molecule has 7 N–H and O–H groups in total. The number of ether oxygens (including phenoxy) is 5. The summed E-state index contributed by atoms with van der Waals surface area (Å²) in [6.45, 7) is 12.7. The summed E-state index contributed by atoms with van der Waals surface area (Å²) in [5.74, 6) is -2.19. The van der Waals surface area contributed by atoms with Crippen molar-refractivity contribution < 1.29 is 107 Å². The maximum atomic E-state index is 11.5. The van der Waals surface area contributed by atoms with Crippen molar-refractivity contribution in [1.29, 1.82) is 0 Å². The van der Waals surface area contributed by atoms with Gasteiger partial charge in [-0.2, -0.15) is 0 Å². The van der Waals surface area contributed by atoms with Gasteiger partial charge in [0.05, 0.1) is 5.92 Å². The zero-order chi connectivity index (χ0) is 50.0. The van der Waals surface area contributed by atoms with Gasteiger partial charge in [0.2, 0.25) is 6.16 Å². The summed E-state index contributed by atoms with van der Waals surface area (Å²) in [6, 6.07) is 12.5. The molecule has 2 aromatic carbocycles. The number of nitrogens with two attached hydrogens (primary N) is 1. The van der Waals surface area contributed by atoms with Crippen LogP contribution in [0.3, 0.4) is 0 Å². The molecule has 0 heterocycles. The number of carbonyl (C=O) groups is 7. The van der Waals surface area contributed by atoms with Gasteiger partial charge < -0.3 is 65.3 Å². The number of hydrogen-bond donors (Lipinski definition) is 6. The number of rotatable bonds is 18. The van der Waals surface area contributed by atoms with E-state index in [1.807, 2.05) is 0 Å². The molecule has 0 radical (unpaired) electrons. The zero-order valence-corrected chi connectivity index (χ0v) is 40.3. The standard InChI is InChI=1S/C15H20N4O4.C14H19N5O4.C10H18O5.CH2O3.Na/c1-11(14(20)21)4-2-3-9-17-15(22)23-10-12-5-7-13(8-6-12)18-19-16;15-12(13(20)21)3-1-2-8-17-14(22)23-9-10-4-6-11(7-5-10)18-19-16;1-9(2,3)14-7(11)13-8(12)15-10(4,5)6;2-1(3)4;/h5-8,11H,2-4,9-10H2,1H3,(H,17,22)(H,20,21);4-7,12H,1-3,8-9,15H2,(H,17,22)(H,20,21);1-6H3;(H2,2,3,4);/q;;;;+1/p-1/t11-;12-;;;/m00.../s1. The Labute approximate surface area is 403 Å². The molecule has 66 heavy (non-hydrogen) atoms. The minimum Gasteiger partial charge on any atom is -0.565 e. The molecule has 0 bridgehead atoms. The Morgan fingerprint density at radius 2 is 1.02 bits per heavy atom. The predicted molar refractivity (Wildman–Crippen MR) is 229 cm³/mol. The van der Waals surface area contributed by atoms with Gasteiger partial charge in [-0.05, 0) is 95.8 Å². The summed E-state index contributed by atoms with van der Waals surface area (Å²) in [5.41, 5.74) is 23.1. The van der Waals surface area contributed by atoms with Crippen LogP contribution in [-0.2, 0) is 46.5 Å². The molecule has 0 fully saturated rings. The van der Waals surface area contributed by atoms with Crippen LogP contribution in [0, 0.1) is 5.92 Å². The number of nitrogens with zero attached hydrogens (tertiary/aromatic N) is 6. The summed E-state index contributed by atoms with van der Waals surface area (Å²) in [4.78, 5) is 79.9. The maximum absolute atomic E-state index is 11.5. The number of aliphatic carboxylic acids is 2. The van der Waals surface area contributed by atoms with Crippen LogP contribution in [0.1, 0.15) is 98.1 Å². The number of nitrogens with one attached hydrogen (secondary N) is 2. The quantitative estimate of drug-likeness (QED) is 0.0168. The zero-order valence-electron chi connectivity index (χ0n) is 38.3. The average Bonchev–Trinajstić information content (AvgIpc) is 3.18. The molecular formula is C40H58N9NaO16. The van der Waals surface area contributed by atoms with Crippen LogP contribution in [-0.4, -0.2) is 88.2 Å². The van der Waals surface area contributed by atoms with E-state index in [9.17, 15) is 28.8 Å². The van der Waals surface area contributed by atoms with Crippen molar-refractivity contribution >= 4 is 54.0 Å². The molecule has 0 aliphatic rings. The Kier molecular flexibility index (Phi) is 34.6. The van der Waals surface area contributed by atoms with E-state index in [2.05, 4.69) is 35.4 Å². The van der Waals surface area contributed by atoms with Crippen LogP contribution in [0.15, 0.2) is 58.8 Å². The van der Waals surface area contributed by atoms with Gasteiger partial charge in [0, 0.05) is 34.3 Å². The second kappa shape index (κ2) is 35.8. The second-order valence-corrected chi connectivity index (χ2v) is 15.2. The molecule has 0 unspecified atom stereocenters. The molecule has 0 saturated carbocycles. The first-order valence-corrected chi connectivity index (χ1v) is 19.6. The Bertz CT molecular complexity index is 1760. The molecule has 0 saturated heterocycles. The van der Waals surface area contributed by atoms with E-state index in [0.29, 0.717) is 56.6 Å². The van der Waals surface area contributed by atoms with Crippen molar-refractivity contribution in [3.63, 3.8) is 0 Å². The molecule has 26 heteroatoms. The molecule has 25 nitrogen and oxygen atoms in total. The first-order valence-electron chi connectivity index (χ1n) is 19.6. The number of alkyl carbamates (subject to hydrolysis) is 2. The number of amides is 2. The van der Waals surface area contributed by atoms with E-state index >= 15 is 0 Å². The summed E-state index contributed by atoms with van der Waals surface area (Å²) in [6.07, 6.45) is -1.66. The maximum Gasteiger partial charge on any atom is 1.00 e. The molecule has 2 atom stereocenters. The summed E-state index contributed by atoms with van der Waals surface area (Å²) >= 11 is 0. The van der Waals surface area contributed by atoms with Gasteiger partial charge >= 0.3 is 66.0 Å². The minimum absolute atomic E-state index is 0. The van der Waals surface area contributed by atoms with E-state index < -0.39 is 59.8 Å². The van der Waals surface area contributed by atoms with Crippen molar-refractivity contribution in [1.82, 2.24) is 10.6 Å². The van der Waals surface area contributed by atoms with Crippen LogP contribution < -0.4 is 51.0 Å².